The summed E-state index contributed by atoms with van der Waals surface area (Å²) in [6.07, 6.45) is 3.12. The molecule has 4 nitrogen and oxygen atoms in total. The van der Waals surface area contributed by atoms with Gasteiger partial charge in [0.05, 0.1) is 11.7 Å². The molecule has 1 aromatic heterocycles. The van der Waals surface area contributed by atoms with Crippen LogP contribution in [0.25, 0.3) is 0 Å². The molecule has 1 heterocycles. The van der Waals surface area contributed by atoms with Gasteiger partial charge in [-0.15, -0.1) is 0 Å². The van der Waals surface area contributed by atoms with Crippen LogP contribution in [0.3, 0.4) is 0 Å². The summed E-state index contributed by atoms with van der Waals surface area (Å²) >= 11 is 5.89. The molecular formula is C11H16ClN3O. The van der Waals surface area contributed by atoms with E-state index in [1.54, 1.807) is 12.3 Å². The van der Waals surface area contributed by atoms with E-state index in [1.165, 1.54) is 0 Å². The van der Waals surface area contributed by atoms with Crippen LogP contribution in [0.5, 0.6) is 0 Å². The number of aryl methyl sites for hydroxylation is 1. The number of carbonyl (C=O) groups excluding carboxylic acids is 1. The number of nitrogens with zero attached hydrogens (tertiary/aromatic N) is 1. The van der Waals surface area contributed by atoms with Crippen molar-refractivity contribution in [3.8, 4) is 0 Å². The van der Waals surface area contributed by atoms with E-state index in [2.05, 4.69) is 10.3 Å². The fraction of sp³-hybridized carbons (Fsp3) is 0.455. The molecular weight excluding hydrogens is 226 g/mol. The number of amides is 1. The van der Waals surface area contributed by atoms with Crippen LogP contribution in [0.15, 0.2) is 12.3 Å². The summed E-state index contributed by atoms with van der Waals surface area (Å²) < 4.78 is 0. The molecule has 16 heavy (non-hydrogen) atoms. The minimum absolute atomic E-state index is 0.222. The van der Waals surface area contributed by atoms with Crippen molar-refractivity contribution in [3.63, 3.8) is 0 Å². The van der Waals surface area contributed by atoms with E-state index >= 15 is 0 Å². The molecule has 1 unspecified atom stereocenters. The molecule has 1 atom stereocenters. The first kappa shape index (κ1) is 12.9. The summed E-state index contributed by atoms with van der Waals surface area (Å²) in [5, 5.41) is 2.99. The van der Waals surface area contributed by atoms with E-state index in [1.807, 2.05) is 13.8 Å². The Balaban J connectivity index is 2.77. The van der Waals surface area contributed by atoms with Crippen molar-refractivity contribution in [1.82, 2.24) is 4.98 Å². The van der Waals surface area contributed by atoms with E-state index in [0.717, 1.165) is 12.0 Å². The van der Waals surface area contributed by atoms with E-state index in [-0.39, 0.29) is 11.1 Å². The normalized spacial score (nSPS) is 12.2. The minimum atomic E-state index is -0.499. The van der Waals surface area contributed by atoms with Crippen LogP contribution in [0.2, 0.25) is 5.15 Å². The van der Waals surface area contributed by atoms with Gasteiger partial charge in [-0.1, -0.05) is 24.9 Å². The van der Waals surface area contributed by atoms with Crippen LogP contribution in [-0.4, -0.2) is 16.9 Å². The summed E-state index contributed by atoms with van der Waals surface area (Å²) in [6, 6.07) is 1.29. The van der Waals surface area contributed by atoms with Crippen LogP contribution in [0.4, 0.5) is 5.69 Å². The molecule has 1 aromatic rings. The van der Waals surface area contributed by atoms with Gasteiger partial charge in [0.15, 0.2) is 5.15 Å². The molecule has 0 aliphatic carbocycles. The highest BCUT2D eigenvalue weighted by atomic mass is 35.5. The third-order valence-electron chi connectivity index (χ3n) is 2.30. The summed E-state index contributed by atoms with van der Waals surface area (Å²) in [7, 11) is 0. The molecule has 0 radical (unpaired) electrons. The number of carbonyl (C=O) groups is 1. The molecule has 0 bridgehead atoms. The predicted octanol–water partition coefficient (Wildman–Crippen LogP) is 2.11. The van der Waals surface area contributed by atoms with E-state index in [0.29, 0.717) is 12.1 Å². The smallest absolute Gasteiger partial charge is 0.241 e. The SMILES string of the molecule is CCCC(N)C(=O)Nc1c(C)ccnc1Cl. The Hall–Kier alpha value is -1.13. The largest absolute Gasteiger partial charge is 0.322 e. The van der Waals surface area contributed by atoms with Crippen molar-refractivity contribution in [1.29, 1.82) is 0 Å². The highest BCUT2D eigenvalue weighted by Gasteiger charge is 2.15. The third kappa shape index (κ3) is 3.18. The van der Waals surface area contributed by atoms with Crippen LogP contribution in [0, 0.1) is 6.92 Å². The van der Waals surface area contributed by atoms with E-state index in [9.17, 15) is 4.79 Å². The highest BCUT2D eigenvalue weighted by molar-refractivity contribution is 6.32. The number of hydrogen-bond acceptors (Lipinski definition) is 3. The Bertz CT molecular complexity index is 361. The lowest BCUT2D eigenvalue weighted by atomic mass is 10.1. The molecule has 0 aliphatic heterocycles. The maximum atomic E-state index is 11.7. The Kier molecular flexibility index (Phi) is 4.71. The Morgan fingerprint density at radius 2 is 2.38 bits per heavy atom. The number of aromatic nitrogens is 1. The average Bonchev–Trinajstić information content (AvgIpc) is 2.23. The number of rotatable bonds is 4. The maximum Gasteiger partial charge on any atom is 0.241 e. The summed E-state index contributed by atoms with van der Waals surface area (Å²) in [5.74, 6) is -0.222. The van der Waals surface area contributed by atoms with Crippen molar-refractivity contribution in [2.24, 2.45) is 5.73 Å². The molecule has 0 spiro atoms. The fourth-order valence-corrected chi connectivity index (χ4v) is 1.59. The molecule has 3 N–H and O–H groups in total. The van der Waals surface area contributed by atoms with Gasteiger partial charge < -0.3 is 11.1 Å². The van der Waals surface area contributed by atoms with E-state index in [4.69, 9.17) is 17.3 Å². The molecule has 0 saturated heterocycles. The molecule has 5 heteroatoms. The van der Waals surface area contributed by atoms with Crippen LogP contribution in [0.1, 0.15) is 25.3 Å². The Morgan fingerprint density at radius 1 is 1.69 bits per heavy atom. The number of nitrogens with two attached hydrogens (primary N) is 1. The second kappa shape index (κ2) is 5.82. The Morgan fingerprint density at radius 3 is 2.94 bits per heavy atom. The Labute approximate surface area is 100 Å². The zero-order valence-corrected chi connectivity index (χ0v) is 10.2. The van der Waals surface area contributed by atoms with Crippen molar-refractivity contribution in [2.45, 2.75) is 32.7 Å². The molecule has 0 aromatic carbocycles. The molecule has 0 fully saturated rings. The lowest BCUT2D eigenvalue weighted by Gasteiger charge is -2.13. The first-order chi connectivity index (χ1) is 7.56. The fourth-order valence-electron chi connectivity index (χ4n) is 1.33. The monoisotopic (exact) mass is 241 g/mol. The number of hydrogen-bond donors (Lipinski definition) is 2. The molecule has 0 saturated carbocycles. The summed E-state index contributed by atoms with van der Waals surface area (Å²) in [6.45, 7) is 3.84. The maximum absolute atomic E-state index is 11.7. The van der Waals surface area contributed by atoms with Gasteiger partial charge in [0, 0.05) is 6.20 Å². The molecule has 1 rings (SSSR count). The third-order valence-corrected chi connectivity index (χ3v) is 2.58. The van der Waals surface area contributed by atoms with Gasteiger partial charge in [-0.05, 0) is 25.0 Å². The first-order valence-corrected chi connectivity index (χ1v) is 5.61. The standard InChI is InChI=1S/C11H16ClN3O/c1-3-4-8(13)11(16)15-9-7(2)5-6-14-10(9)12/h5-6,8H,3-4,13H2,1-2H3,(H,15,16). The van der Waals surface area contributed by atoms with Gasteiger partial charge in [-0.3, -0.25) is 4.79 Å². The predicted molar refractivity (Wildman–Crippen MR) is 65.5 cm³/mol. The van der Waals surface area contributed by atoms with Crippen LogP contribution >= 0.6 is 11.6 Å². The van der Waals surface area contributed by atoms with Gasteiger partial charge >= 0.3 is 0 Å². The molecule has 0 aliphatic rings. The van der Waals surface area contributed by atoms with Gasteiger partial charge in [0.2, 0.25) is 5.91 Å². The second-order valence-corrected chi connectivity index (χ2v) is 4.04. The van der Waals surface area contributed by atoms with Crippen molar-refractivity contribution < 1.29 is 4.79 Å². The minimum Gasteiger partial charge on any atom is -0.322 e. The molecule has 88 valence electrons. The van der Waals surface area contributed by atoms with Crippen molar-refractivity contribution >= 4 is 23.2 Å². The zero-order valence-electron chi connectivity index (χ0n) is 9.46. The van der Waals surface area contributed by atoms with Crippen molar-refractivity contribution in [3.05, 3.63) is 23.0 Å². The summed E-state index contributed by atoms with van der Waals surface area (Å²) in [4.78, 5) is 15.6. The van der Waals surface area contributed by atoms with Gasteiger partial charge in [0.1, 0.15) is 0 Å². The highest BCUT2D eigenvalue weighted by Crippen LogP contribution is 2.22. The topological polar surface area (TPSA) is 68.0 Å². The summed E-state index contributed by atoms with van der Waals surface area (Å²) in [5.41, 5.74) is 7.11. The van der Waals surface area contributed by atoms with Crippen LogP contribution < -0.4 is 11.1 Å². The lowest BCUT2D eigenvalue weighted by Crippen LogP contribution is -2.35. The van der Waals surface area contributed by atoms with Crippen molar-refractivity contribution in [2.75, 3.05) is 5.32 Å². The van der Waals surface area contributed by atoms with Gasteiger partial charge in [-0.25, -0.2) is 4.98 Å². The quantitative estimate of drug-likeness (QED) is 0.794. The first-order valence-electron chi connectivity index (χ1n) is 5.23. The number of pyridine rings is 1. The van der Waals surface area contributed by atoms with Gasteiger partial charge in [-0.2, -0.15) is 0 Å². The number of nitrogens with one attached hydrogen (secondary N) is 1. The number of anilines is 1. The lowest BCUT2D eigenvalue weighted by molar-refractivity contribution is -0.117. The van der Waals surface area contributed by atoms with E-state index < -0.39 is 6.04 Å². The van der Waals surface area contributed by atoms with Gasteiger partial charge in [0.25, 0.3) is 0 Å². The number of halogens is 1. The average molecular weight is 242 g/mol. The zero-order chi connectivity index (χ0) is 12.1. The molecule has 1 amide bonds. The second-order valence-electron chi connectivity index (χ2n) is 3.68. The van der Waals surface area contributed by atoms with Crippen LogP contribution in [-0.2, 0) is 4.79 Å².